The second-order valence-electron chi connectivity index (χ2n) is 7.04. The third-order valence-electron chi connectivity index (χ3n) is 4.05. The molecule has 25 heavy (non-hydrogen) atoms. The van der Waals surface area contributed by atoms with Gasteiger partial charge in [0.05, 0.1) is 12.5 Å². The summed E-state index contributed by atoms with van der Waals surface area (Å²) in [6, 6.07) is 0. The van der Waals surface area contributed by atoms with Crippen molar-refractivity contribution in [3.8, 4) is 0 Å². The predicted molar refractivity (Wildman–Crippen MR) is 111 cm³/mol. The van der Waals surface area contributed by atoms with Crippen molar-refractivity contribution in [2.45, 2.75) is 31.7 Å². The lowest BCUT2D eigenvalue weighted by molar-refractivity contribution is 0.425. The number of aliphatic imine (C=N–C) groups is 1. The van der Waals surface area contributed by atoms with Gasteiger partial charge in [0.25, 0.3) is 0 Å². The molecule has 1 saturated heterocycles. The number of likely N-dealkylation sites (tertiary alicyclic amines) is 1. The van der Waals surface area contributed by atoms with E-state index in [2.05, 4.69) is 31.2 Å². The molecule has 0 saturated carbocycles. The lowest BCUT2D eigenvalue weighted by Crippen LogP contribution is -2.53. The van der Waals surface area contributed by atoms with Gasteiger partial charge >= 0.3 is 0 Å². The SMILES string of the molecule is CN=C(NCC(C)(C)NS(C)(=O)=O)N1CCC(c2cnn(C)c2)C1.I. The van der Waals surface area contributed by atoms with Gasteiger partial charge in [0, 0.05) is 51.4 Å². The zero-order valence-electron chi connectivity index (χ0n) is 15.5. The Balaban J connectivity index is 0.00000312. The van der Waals surface area contributed by atoms with Gasteiger partial charge in [-0.25, -0.2) is 13.1 Å². The largest absolute Gasteiger partial charge is 0.354 e. The Bertz CT molecular complexity index is 701. The minimum atomic E-state index is -3.25. The van der Waals surface area contributed by atoms with Gasteiger partial charge < -0.3 is 10.2 Å². The van der Waals surface area contributed by atoms with Crippen molar-refractivity contribution in [3.63, 3.8) is 0 Å². The lowest BCUT2D eigenvalue weighted by Gasteiger charge is -2.29. The van der Waals surface area contributed by atoms with E-state index < -0.39 is 15.6 Å². The third kappa shape index (κ3) is 6.74. The molecule has 1 aliphatic heterocycles. The Morgan fingerprint density at radius 1 is 1.48 bits per heavy atom. The molecule has 0 bridgehead atoms. The van der Waals surface area contributed by atoms with Crippen molar-refractivity contribution in [2.24, 2.45) is 12.0 Å². The normalized spacial score (nSPS) is 19.0. The number of sulfonamides is 1. The Morgan fingerprint density at radius 3 is 2.68 bits per heavy atom. The fraction of sp³-hybridized carbons (Fsp3) is 0.733. The highest BCUT2D eigenvalue weighted by Gasteiger charge is 2.28. The summed E-state index contributed by atoms with van der Waals surface area (Å²) in [6.45, 7) is 5.94. The minimum absolute atomic E-state index is 0. The quantitative estimate of drug-likeness (QED) is 0.366. The Kier molecular flexibility index (Phi) is 7.69. The monoisotopic (exact) mass is 484 g/mol. The molecular weight excluding hydrogens is 455 g/mol. The Morgan fingerprint density at radius 2 is 2.16 bits per heavy atom. The number of hydrogen-bond acceptors (Lipinski definition) is 4. The van der Waals surface area contributed by atoms with Crippen molar-refractivity contribution < 1.29 is 8.42 Å². The Labute approximate surface area is 167 Å². The molecule has 2 heterocycles. The fourth-order valence-corrected chi connectivity index (χ4v) is 4.12. The van der Waals surface area contributed by atoms with E-state index in [0.29, 0.717) is 12.5 Å². The van der Waals surface area contributed by atoms with Crippen LogP contribution in [-0.2, 0) is 17.1 Å². The van der Waals surface area contributed by atoms with Crippen LogP contribution in [0.15, 0.2) is 17.4 Å². The summed E-state index contributed by atoms with van der Waals surface area (Å²) in [6.07, 6.45) is 6.20. The fourth-order valence-electron chi connectivity index (χ4n) is 3.05. The number of guanidine groups is 1. The summed E-state index contributed by atoms with van der Waals surface area (Å²) in [5.41, 5.74) is 0.654. The van der Waals surface area contributed by atoms with Crippen LogP contribution in [0.1, 0.15) is 31.7 Å². The van der Waals surface area contributed by atoms with Crippen molar-refractivity contribution >= 4 is 40.0 Å². The zero-order chi connectivity index (χ0) is 18.0. The van der Waals surface area contributed by atoms with Gasteiger partial charge in [0.2, 0.25) is 10.0 Å². The molecule has 0 spiro atoms. The maximum Gasteiger partial charge on any atom is 0.209 e. The molecule has 1 aliphatic rings. The number of nitrogens with zero attached hydrogens (tertiary/aromatic N) is 4. The smallest absolute Gasteiger partial charge is 0.209 e. The van der Waals surface area contributed by atoms with Crippen LogP contribution in [-0.4, -0.2) is 67.5 Å². The second kappa shape index (κ2) is 8.67. The van der Waals surface area contributed by atoms with E-state index in [-0.39, 0.29) is 24.0 Å². The maximum atomic E-state index is 11.4. The van der Waals surface area contributed by atoms with Crippen LogP contribution < -0.4 is 10.0 Å². The van der Waals surface area contributed by atoms with Gasteiger partial charge in [0.1, 0.15) is 0 Å². The summed E-state index contributed by atoms with van der Waals surface area (Å²) >= 11 is 0. The highest BCUT2D eigenvalue weighted by molar-refractivity contribution is 14.0. The number of aryl methyl sites for hydroxylation is 1. The van der Waals surface area contributed by atoms with Crippen LogP contribution in [0.3, 0.4) is 0 Å². The Hall–Kier alpha value is -0.880. The van der Waals surface area contributed by atoms with Gasteiger partial charge in [-0.05, 0) is 25.8 Å². The first-order chi connectivity index (χ1) is 11.1. The standard InChI is InChI=1S/C15H28N6O2S.HI/c1-15(2,19-24(5,22)23)11-17-14(16-3)21-7-6-12(10-21)13-8-18-20(4)9-13;/h8-9,12,19H,6-7,10-11H2,1-5H3,(H,16,17);1H. The molecule has 0 amide bonds. The molecule has 0 radical (unpaired) electrons. The molecule has 0 aliphatic carbocycles. The van der Waals surface area contributed by atoms with E-state index in [9.17, 15) is 8.42 Å². The first kappa shape index (κ1) is 22.2. The molecule has 2 rings (SSSR count). The molecule has 1 fully saturated rings. The molecule has 2 N–H and O–H groups in total. The summed E-state index contributed by atoms with van der Waals surface area (Å²) < 4.78 is 27.3. The van der Waals surface area contributed by atoms with E-state index in [0.717, 1.165) is 25.5 Å². The molecule has 1 aromatic heterocycles. The van der Waals surface area contributed by atoms with E-state index in [1.807, 2.05) is 31.8 Å². The number of hydrogen-bond donors (Lipinski definition) is 2. The molecule has 10 heteroatoms. The number of nitrogens with one attached hydrogen (secondary N) is 2. The van der Waals surface area contributed by atoms with Crippen molar-refractivity contribution in [1.29, 1.82) is 0 Å². The predicted octanol–water partition coefficient (Wildman–Crippen LogP) is 0.731. The first-order valence-corrected chi connectivity index (χ1v) is 9.92. The lowest BCUT2D eigenvalue weighted by atomic mass is 10.0. The molecular formula is C15H29IN6O2S. The van der Waals surface area contributed by atoms with Crippen LogP contribution in [0.2, 0.25) is 0 Å². The van der Waals surface area contributed by atoms with E-state index in [1.54, 1.807) is 7.05 Å². The highest BCUT2D eigenvalue weighted by Crippen LogP contribution is 2.26. The first-order valence-electron chi connectivity index (χ1n) is 8.03. The highest BCUT2D eigenvalue weighted by atomic mass is 127. The van der Waals surface area contributed by atoms with Gasteiger partial charge in [-0.1, -0.05) is 0 Å². The molecule has 1 atom stereocenters. The van der Waals surface area contributed by atoms with Gasteiger partial charge in [-0.15, -0.1) is 24.0 Å². The van der Waals surface area contributed by atoms with Crippen LogP contribution in [0.5, 0.6) is 0 Å². The summed E-state index contributed by atoms with van der Waals surface area (Å²) in [5, 5.41) is 7.52. The van der Waals surface area contributed by atoms with Crippen molar-refractivity contribution in [3.05, 3.63) is 18.0 Å². The van der Waals surface area contributed by atoms with Gasteiger partial charge in [-0.3, -0.25) is 9.67 Å². The van der Waals surface area contributed by atoms with Crippen LogP contribution in [0.4, 0.5) is 0 Å². The molecule has 1 aromatic rings. The van der Waals surface area contributed by atoms with Crippen LogP contribution in [0, 0.1) is 0 Å². The van der Waals surface area contributed by atoms with Crippen LogP contribution >= 0.6 is 24.0 Å². The van der Waals surface area contributed by atoms with E-state index in [4.69, 9.17) is 0 Å². The average molecular weight is 484 g/mol. The summed E-state index contributed by atoms with van der Waals surface area (Å²) in [7, 11) is 0.420. The second-order valence-corrected chi connectivity index (χ2v) is 8.79. The third-order valence-corrected chi connectivity index (χ3v) is 4.97. The maximum absolute atomic E-state index is 11.4. The molecule has 144 valence electrons. The molecule has 1 unspecified atom stereocenters. The molecule has 8 nitrogen and oxygen atoms in total. The number of halogens is 1. The van der Waals surface area contributed by atoms with Crippen LogP contribution in [0.25, 0.3) is 0 Å². The van der Waals surface area contributed by atoms with Crippen molar-refractivity contribution in [2.75, 3.05) is 32.9 Å². The van der Waals surface area contributed by atoms with Crippen molar-refractivity contribution in [1.82, 2.24) is 24.7 Å². The van der Waals surface area contributed by atoms with Gasteiger partial charge in [0.15, 0.2) is 5.96 Å². The van der Waals surface area contributed by atoms with Gasteiger partial charge in [-0.2, -0.15) is 5.10 Å². The summed E-state index contributed by atoms with van der Waals surface area (Å²) in [5.74, 6) is 1.24. The van der Waals surface area contributed by atoms with E-state index in [1.165, 1.54) is 11.8 Å². The molecule has 0 aromatic carbocycles. The van der Waals surface area contributed by atoms with E-state index >= 15 is 0 Å². The average Bonchev–Trinajstić information content (AvgIpc) is 3.05. The minimum Gasteiger partial charge on any atom is -0.354 e. The number of aromatic nitrogens is 2. The number of rotatable bonds is 5. The topological polar surface area (TPSA) is 91.6 Å². The summed E-state index contributed by atoms with van der Waals surface area (Å²) in [4.78, 5) is 6.54. The zero-order valence-corrected chi connectivity index (χ0v) is 18.6.